The molecule has 2 aromatic heterocycles. The minimum Gasteiger partial charge on any atom is -0.321 e. The molecule has 114 valence electrons. The second-order valence-electron chi connectivity index (χ2n) is 6.00. The number of benzene rings is 1. The quantitative estimate of drug-likeness (QED) is 0.793. The van der Waals surface area contributed by atoms with Crippen LogP contribution in [0.25, 0.3) is 10.8 Å². The van der Waals surface area contributed by atoms with Gasteiger partial charge in [-0.25, -0.2) is 0 Å². The maximum Gasteiger partial charge on any atom is 0.257 e. The number of anilines is 1. The zero-order chi connectivity index (χ0) is 15.8. The fraction of sp³-hybridized carbons (Fsp3) is 0.211. The predicted molar refractivity (Wildman–Crippen MR) is 90.6 cm³/mol. The third kappa shape index (κ3) is 2.68. The van der Waals surface area contributed by atoms with Crippen LogP contribution >= 0.6 is 0 Å². The van der Waals surface area contributed by atoms with Crippen LogP contribution in [0.1, 0.15) is 40.5 Å². The SMILES string of the molecule is Cc1nc(C2CC2)ccc1C(=O)Nc1cccc2cnccc12. The summed E-state index contributed by atoms with van der Waals surface area (Å²) in [5, 5.41) is 4.99. The average Bonchev–Trinajstić information content (AvgIpc) is 3.40. The Balaban J connectivity index is 1.64. The van der Waals surface area contributed by atoms with E-state index < -0.39 is 0 Å². The highest BCUT2D eigenvalue weighted by Gasteiger charge is 2.25. The molecule has 4 rings (SSSR count). The maximum absolute atomic E-state index is 12.6. The van der Waals surface area contributed by atoms with E-state index in [1.165, 1.54) is 12.8 Å². The largest absolute Gasteiger partial charge is 0.321 e. The lowest BCUT2D eigenvalue weighted by Crippen LogP contribution is -2.14. The molecule has 1 saturated carbocycles. The van der Waals surface area contributed by atoms with Gasteiger partial charge in [-0.15, -0.1) is 0 Å². The highest BCUT2D eigenvalue weighted by molar-refractivity contribution is 6.09. The van der Waals surface area contributed by atoms with Gasteiger partial charge in [0.15, 0.2) is 0 Å². The first-order valence-electron chi connectivity index (χ1n) is 7.84. The highest BCUT2D eigenvalue weighted by atomic mass is 16.1. The summed E-state index contributed by atoms with van der Waals surface area (Å²) in [6, 6.07) is 11.6. The standard InChI is InChI=1S/C19H17N3O/c1-12-15(7-8-17(21-12)13-5-6-13)19(23)22-18-4-2-3-14-11-20-10-9-16(14)18/h2-4,7-11,13H,5-6H2,1H3,(H,22,23). The Bertz CT molecular complexity index is 895. The van der Waals surface area contributed by atoms with Crippen LogP contribution in [-0.2, 0) is 0 Å². The summed E-state index contributed by atoms with van der Waals surface area (Å²) in [7, 11) is 0. The number of rotatable bonds is 3. The molecule has 4 nitrogen and oxygen atoms in total. The van der Waals surface area contributed by atoms with Crippen LogP contribution in [-0.4, -0.2) is 15.9 Å². The van der Waals surface area contributed by atoms with Crippen molar-refractivity contribution in [3.8, 4) is 0 Å². The van der Waals surface area contributed by atoms with E-state index in [2.05, 4.69) is 15.3 Å². The summed E-state index contributed by atoms with van der Waals surface area (Å²) in [5.74, 6) is 0.470. The number of pyridine rings is 2. The molecule has 23 heavy (non-hydrogen) atoms. The summed E-state index contributed by atoms with van der Waals surface area (Å²) in [6.07, 6.45) is 5.95. The van der Waals surface area contributed by atoms with Crippen molar-refractivity contribution in [1.29, 1.82) is 0 Å². The molecule has 1 aliphatic rings. The lowest BCUT2D eigenvalue weighted by Gasteiger charge is -2.10. The van der Waals surface area contributed by atoms with Crippen molar-refractivity contribution in [1.82, 2.24) is 9.97 Å². The first-order valence-corrected chi connectivity index (χ1v) is 7.84. The Kier molecular flexibility index (Phi) is 3.30. The summed E-state index contributed by atoms with van der Waals surface area (Å²) in [6.45, 7) is 1.90. The summed E-state index contributed by atoms with van der Waals surface area (Å²) >= 11 is 0. The molecule has 4 heteroatoms. The number of carbonyl (C=O) groups is 1. The molecule has 0 saturated heterocycles. The van der Waals surface area contributed by atoms with Crippen LogP contribution in [0.4, 0.5) is 5.69 Å². The van der Waals surface area contributed by atoms with Crippen LogP contribution in [0.5, 0.6) is 0 Å². The third-order valence-electron chi connectivity index (χ3n) is 4.28. The van der Waals surface area contributed by atoms with Gasteiger partial charge in [-0.2, -0.15) is 0 Å². The number of aromatic nitrogens is 2. The van der Waals surface area contributed by atoms with Gasteiger partial charge in [0, 0.05) is 40.5 Å². The first kappa shape index (κ1) is 13.9. The van der Waals surface area contributed by atoms with Crippen molar-refractivity contribution in [3.63, 3.8) is 0 Å². The first-order chi connectivity index (χ1) is 11.2. The van der Waals surface area contributed by atoms with E-state index in [-0.39, 0.29) is 5.91 Å². The fourth-order valence-corrected chi connectivity index (χ4v) is 2.85. The van der Waals surface area contributed by atoms with Gasteiger partial charge in [0.05, 0.1) is 11.3 Å². The monoisotopic (exact) mass is 303 g/mol. The Hall–Kier alpha value is -2.75. The van der Waals surface area contributed by atoms with Gasteiger partial charge in [-0.3, -0.25) is 14.8 Å². The van der Waals surface area contributed by atoms with Gasteiger partial charge in [0.2, 0.25) is 0 Å². The van der Waals surface area contributed by atoms with Gasteiger partial charge < -0.3 is 5.32 Å². The van der Waals surface area contributed by atoms with E-state index in [0.29, 0.717) is 11.5 Å². The Morgan fingerprint density at radius 3 is 2.83 bits per heavy atom. The van der Waals surface area contributed by atoms with Crippen molar-refractivity contribution in [2.24, 2.45) is 0 Å². The molecule has 3 aromatic rings. The zero-order valence-corrected chi connectivity index (χ0v) is 12.9. The number of nitrogens with one attached hydrogen (secondary N) is 1. The summed E-state index contributed by atoms with van der Waals surface area (Å²) in [5.41, 5.74) is 3.31. The fourth-order valence-electron chi connectivity index (χ4n) is 2.85. The molecule has 0 radical (unpaired) electrons. The van der Waals surface area contributed by atoms with Crippen molar-refractivity contribution in [3.05, 3.63) is 65.7 Å². The molecule has 0 aliphatic heterocycles. The number of hydrogen-bond acceptors (Lipinski definition) is 3. The van der Waals surface area contributed by atoms with Crippen LogP contribution in [0.3, 0.4) is 0 Å². The van der Waals surface area contributed by atoms with Gasteiger partial charge >= 0.3 is 0 Å². The number of amides is 1. The molecule has 1 aromatic carbocycles. The molecular weight excluding hydrogens is 286 g/mol. The maximum atomic E-state index is 12.6. The molecular formula is C19H17N3O. The topological polar surface area (TPSA) is 54.9 Å². The van der Waals surface area contributed by atoms with Gasteiger partial charge in [-0.05, 0) is 44.0 Å². The van der Waals surface area contributed by atoms with Crippen molar-refractivity contribution < 1.29 is 4.79 Å². The van der Waals surface area contributed by atoms with E-state index >= 15 is 0 Å². The van der Waals surface area contributed by atoms with Crippen molar-refractivity contribution in [2.45, 2.75) is 25.7 Å². The molecule has 0 atom stereocenters. The van der Waals surface area contributed by atoms with E-state index in [4.69, 9.17) is 0 Å². The third-order valence-corrected chi connectivity index (χ3v) is 4.28. The Morgan fingerprint density at radius 1 is 1.17 bits per heavy atom. The molecule has 0 spiro atoms. The number of aryl methyl sites for hydroxylation is 1. The number of hydrogen-bond donors (Lipinski definition) is 1. The van der Waals surface area contributed by atoms with Crippen molar-refractivity contribution >= 4 is 22.4 Å². The molecule has 0 bridgehead atoms. The molecule has 1 fully saturated rings. The normalized spacial score (nSPS) is 14.0. The van der Waals surface area contributed by atoms with Gasteiger partial charge in [0.1, 0.15) is 0 Å². The minimum atomic E-state index is -0.123. The number of fused-ring (bicyclic) bond motifs is 1. The molecule has 0 unspecified atom stereocenters. The van der Waals surface area contributed by atoms with Gasteiger partial charge in [0.25, 0.3) is 5.91 Å². The smallest absolute Gasteiger partial charge is 0.257 e. The van der Waals surface area contributed by atoms with Gasteiger partial charge in [-0.1, -0.05) is 12.1 Å². The van der Waals surface area contributed by atoms with Crippen LogP contribution in [0, 0.1) is 6.92 Å². The molecule has 2 heterocycles. The van der Waals surface area contributed by atoms with E-state index in [1.807, 2.05) is 43.3 Å². The van der Waals surface area contributed by atoms with E-state index in [9.17, 15) is 4.79 Å². The van der Waals surface area contributed by atoms with Crippen LogP contribution in [0.15, 0.2) is 48.8 Å². The summed E-state index contributed by atoms with van der Waals surface area (Å²) in [4.78, 5) is 21.3. The van der Waals surface area contributed by atoms with E-state index in [1.54, 1.807) is 12.4 Å². The Morgan fingerprint density at radius 2 is 2.04 bits per heavy atom. The highest BCUT2D eigenvalue weighted by Crippen LogP contribution is 2.39. The lowest BCUT2D eigenvalue weighted by molar-refractivity contribution is 0.102. The average molecular weight is 303 g/mol. The zero-order valence-electron chi connectivity index (χ0n) is 12.9. The lowest BCUT2D eigenvalue weighted by atomic mass is 10.1. The predicted octanol–water partition coefficient (Wildman–Crippen LogP) is 4.07. The number of nitrogens with zero attached hydrogens (tertiary/aromatic N) is 2. The molecule has 1 amide bonds. The van der Waals surface area contributed by atoms with Crippen molar-refractivity contribution in [2.75, 3.05) is 5.32 Å². The second kappa shape index (κ2) is 5.47. The molecule has 1 aliphatic carbocycles. The molecule has 1 N–H and O–H groups in total. The van der Waals surface area contributed by atoms with Crippen LogP contribution in [0.2, 0.25) is 0 Å². The summed E-state index contributed by atoms with van der Waals surface area (Å²) < 4.78 is 0. The van der Waals surface area contributed by atoms with Crippen LogP contribution < -0.4 is 5.32 Å². The number of carbonyl (C=O) groups excluding carboxylic acids is 1. The second-order valence-corrected chi connectivity index (χ2v) is 6.00. The minimum absolute atomic E-state index is 0.123. The Labute approximate surface area is 134 Å². The van der Waals surface area contributed by atoms with E-state index in [0.717, 1.165) is 27.8 Å².